The van der Waals surface area contributed by atoms with Gasteiger partial charge in [-0.3, -0.25) is 4.79 Å². The van der Waals surface area contributed by atoms with Gasteiger partial charge >= 0.3 is 5.91 Å². The Kier molecular flexibility index (Phi) is 4.86. The van der Waals surface area contributed by atoms with Gasteiger partial charge in [0.05, 0.1) is 5.69 Å². The number of thioether (sulfide) groups is 1. The zero-order chi connectivity index (χ0) is 14.4. The molecule has 0 heterocycles. The number of carbonyl (C=O) groups is 1. The molecule has 0 atom stereocenters. The summed E-state index contributed by atoms with van der Waals surface area (Å²) in [5, 5.41) is 0. The molecule has 2 aromatic carbocycles. The topological polar surface area (TPSA) is 20.3 Å². The minimum Gasteiger partial charge on any atom is -0.304 e. The lowest BCUT2D eigenvalue weighted by Gasteiger charge is -2.17. The monoisotopic (exact) mass is 281 g/mol. The van der Waals surface area contributed by atoms with Crippen molar-refractivity contribution >= 4 is 23.4 Å². The largest absolute Gasteiger partial charge is 0.304 e. The minimum absolute atomic E-state index is 0.213. The first-order chi connectivity index (χ1) is 9.72. The van der Waals surface area contributed by atoms with Crippen molar-refractivity contribution in [2.45, 2.75) is 4.90 Å². The highest BCUT2D eigenvalue weighted by molar-refractivity contribution is 7.98. The van der Waals surface area contributed by atoms with Crippen molar-refractivity contribution in [2.24, 2.45) is 0 Å². The third kappa shape index (κ3) is 3.43. The van der Waals surface area contributed by atoms with Gasteiger partial charge in [0.15, 0.2) is 0 Å². The van der Waals surface area contributed by atoms with Crippen molar-refractivity contribution in [3.05, 3.63) is 60.2 Å². The quantitative estimate of drug-likeness (QED) is 0.621. The van der Waals surface area contributed by atoms with Crippen molar-refractivity contribution in [1.29, 1.82) is 0 Å². The molecule has 2 nitrogen and oxygen atoms in total. The van der Waals surface area contributed by atoms with E-state index < -0.39 is 0 Å². The molecule has 0 saturated heterocycles. The van der Waals surface area contributed by atoms with Crippen LogP contribution in [0.5, 0.6) is 0 Å². The second-order valence-electron chi connectivity index (χ2n) is 4.15. The lowest BCUT2D eigenvalue weighted by molar-refractivity contribution is -0.113. The van der Waals surface area contributed by atoms with E-state index in [1.165, 1.54) is 0 Å². The summed E-state index contributed by atoms with van der Waals surface area (Å²) in [6.07, 6.45) is 1.99. The van der Waals surface area contributed by atoms with Crippen molar-refractivity contribution < 1.29 is 4.79 Å². The van der Waals surface area contributed by atoms with E-state index in [9.17, 15) is 4.79 Å². The van der Waals surface area contributed by atoms with Gasteiger partial charge in [-0.05, 0) is 30.5 Å². The predicted molar refractivity (Wildman–Crippen MR) is 85.0 cm³/mol. The van der Waals surface area contributed by atoms with E-state index in [-0.39, 0.29) is 5.91 Å². The molecular formula is C17H15NOS. The van der Waals surface area contributed by atoms with Crippen molar-refractivity contribution in [3.63, 3.8) is 0 Å². The molecule has 2 aromatic rings. The van der Waals surface area contributed by atoms with Crippen molar-refractivity contribution in [3.8, 4) is 11.8 Å². The van der Waals surface area contributed by atoms with Crippen LogP contribution in [0.4, 0.5) is 5.69 Å². The number of para-hydroxylation sites is 1. The molecule has 20 heavy (non-hydrogen) atoms. The Balaban J connectivity index is 2.20. The normalized spacial score (nSPS) is 9.50. The fourth-order valence-corrected chi connectivity index (χ4v) is 2.38. The average molecular weight is 281 g/mol. The highest BCUT2D eigenvalue weighted by atomic mass is 32.2. The first-order valence-electron chi connectivity index (χ1n) is 6.20. The van der Waals surface area contributed by atoms with Crippen LogP contribution in [-0.2, 0) is 4.79 Å². The van der Waals surface area contributed by atoms with Crippen LogP contribution >= 0.6 is 11.8 Å². The number of anilines is 1. The minimum atomic E-state index is -0.213. The lowest BCUT2D eigenvalue weighted by atomic mass is 10.2. The standard InChI is InChI=1S/C17H15NOS/c1-18(15-10-6-7-11-16(15)20-2)17(19)13-12-14-8-4-3-5-9-14/h3-11H,1-2H3. The number of rotatable bonds is 2. The Morgan fingerprint density at radius 1 is 1.05 bits per heavy atom. The van der Waals surface area contributed by atoms with Gasteiger partial charge in [0, 0.05) is 23.4 Å². The molecule has 0 aromatic heterocycles. The van der Waals surface area contributed by atoms with Gasteiger partial charge in [-0.25, -0.2) is 0 Å². The van der Waals surface area contributed by atoms with Crippen molar-refractivity contribution in [1.82, 2.24) is 0 Å². The first-order valence-corrected chi connectivity index (χ1v) is 7.42. The number of hydrogen-bond acceptors (Lipinski definition) is 2. The zero-order valence-corrected chi connectivity index (χ0v) is 12.3. The lowest BCUT2D eigenvalue weighted by Crippen LogP contribution is -2.25. The van der Waals surface area contributed by atoms with Gasteiger partial charge in [0.1, 0.15) is 0 Å². The molecule has 0 spiro atoms. The Morgan fingerprint density at radius 3 is 2.40 bits per heavy atom. The number of nitrogens with zero attached hydrogens (tertiary/aromatic N) is 1. The summed E-state index contributed by atoms with van der Waals surface area (Å²) >= 11 is 1.61. The summed E-state index contributed by atoms with van der Waals surface area (Å²) in [6.45, 7) is 0. The van der Waals surface area contributed by atoms with E-state index in [0.717, 1.165) is 16.1 Å². The van der Waals surface area contributed by atoms with Gasteiger partial charge < -0.3 is 4.90 Å². The molecule has 2 rings (SSSR count). The molecule has 0 aliphatic heterocycles. The Labute approximate surface area is 123 Å². The third-order valence-electron chi connectivity index (χ3n) is 2.84. The molecule has 100 valence electrons. The Bertz CT molecular complexity index is 655. The first kappa shape index (κ1) is 14.2. The van der Waals surface area contributed by atoms with Crippen LogP contribution < -0.4 is 4.90 Å². The average Bonchev–Trinajstić information content (AvgIpc) is 2.52. The number of carbonyl (C=O) groups excluding carboxylic acids is 1. The molecule has 0 N–H and O–H groups in total. The predicted octanol–water partition coefficient (Wildman–Crippen LogP) is 3.42. The third-order valence-corrected chi connectivity index (χ3v) is 3.62. The summed E-state index contributed by atoms with van der Waals surface area (Å²) in [5.74, 6) is 5.35. The van der Waals surface area contributed by atoms with E-state index in [2.05, 4.69) is 11.8 Å². The highest BCUT2D eigenvalue weighted by Crippen LogP contribution is 2.27. The van der Waals surface area contributed by atoms with Crippen LogP contribution in [0, 0.1) is 11.8 Å². The summed E-state index contributed by atoms with van der Waals surface area (Å²) in [5.41, 5.74) is 1.72. The van der Waals surface area contributed by atoms with E-state index >= 15 is 0 Å². The fourth-order valence-electron chi connectivity index (χ4n) is 1.75. The molecule has 0 bridgehead atoms. The van der Waals surface area contributed by atoms with Crippen LogP contribution in [0.1, 0.15) is 5.56 Å². The highest BCUT2D eigenvalue weighted by Gasteiger charge is 2.11. The van der Waals surface area contributed by atoms with Gasteiger partial charge in [0.25, 0.3) is 0 Å². The maximum Gasteiger partial charge on any atom is 0.303 e. The van der Waals surface area contributed by atoms with Crippen LogP contribution in [0.15, 0.2) is 59.5 Å². The Hall–Kier alpha value is -2.18. The second kappa shape index (κ2) is 6.83. The molecule has 0 aliphatic rings. The smallest absolute Gasteiger partial charge is 0.303 e. The van der Waals surface area contributed by atoms with E-state index in [0.29, 0.717) is 0 Å². The zero-order valence-electron chi connectivity index (χ0n) is 11.5. The van der Waals surface area contributed by atoms with Crippen LogP contribution in [0.25, 0.3) is 0 Å². The summed E-state index contributed by atoms with van der Waals surface area (Å²) < 4.78 is 0. The molecule has 1 amide bonds. The summed E-state index contributed by atoms with van der Waals surface area (Å²) in [6, 6.07) is 17.3. The number of amides is 1. The molecule has 0 radical (unpaired) electrons. The Morgan fingerprint density at radius 2 is 1.70 bits per heavy atom. The van der Waals surface area contributed by atoms with Gasteiger partial charge in [0.2, 0.25) is 0 Å². The van der Waals surface area contributed by atoms with Gasteiger partial charge in [-0.1, -0.05) is 36.3 Å². The van der Waals surface area contributed by atoms with Gasteiger partial charge in [-0.15, -0.1) is 11.8 Å². The molecule has 0 unspecified atom stereocenters. The molecule has 0 fully saturated rings. The van der Waals surface area contributed by atoms with Crippen LogP contribution in [0.3, 0.4) is 0 Å². The summed E-state index contributed by atoms with van der Waals surface area (Å²) in [7, 11) is 1.75. The van der Waals surface area contributed by atoms with Gasteiger partial charge in [-0.2, -0.15) is 0 Å². The SMILES string of the molecule is CSc1ccccc1N(C)C(=O)C#Cc1ccccc1. The number of hydrogen-bond donors (Lipinski definition) is 0. The molecule has 3 heteroatoms. The van der Waals surface area contributed by atoms with Crippen LogP contribution in [-0.4, -0.2) is 19.2 Å². The molecular weight excluding hydrogens is 266 g/mol. The maximum atomic E-state index is 12.1. The second-order valence-corrected chi connectivity index (χ2v) is 5.00. The maximum absolute atomic E-state index is 12.1. The molecule has 0 saturated carbocycles. The summed E-state index contributed by atoms with van der Waals surface area (Å²) in [4.78, 5) is 14.8. The van der Waals surface area contributed by atoms with E-state index in [1.807, 2.05) is 60.9 Å². The van der Waals surface area contributed by atoms with E-state index in [1.54, 1.807) is 23.7 Å². The molecule has 0 aliphatic carbocycles. The van der Waals surface area contributed by atoms with Crippen LogP contribution in [0.2, 0.25) is 0 Å². The van der Waals surface area contributed by atoms with E-state index in [4.69, 9.17) is 0 Å². The fraction of sp³-hybridized carbons (Fsp3) is 0.118. The number of benzene rings is 2. The van der Waals surface area contributed by atoms with Crippen molar-refractivity contribution in [2.75, 3.05) is 18.2 Å².